The van der Waals surface area contributed by atoms with Crippen molar-refractivity contribution in [3.63, 3.8) is 0 Å². The zero-order chi connectivity index (χ0) is 18.6. The van der Waals surface area contributed by atoms with Crippen molar-refractivity contribution in [1.82, 2.24) is 9.62 Å². The summed E-state index contributed by atoms with van der Waals surface area (Å²) in [4.78, 5) is 14.2. The van der Waals surface area contributed by atoms with E-state index < -0.39 is 10.0 Å². The van der Waals surface area contributed by atoms with Crippen LogP contribution in [0.5, 0.6) is 0 Å². The van der Waals surface area contributed by atoms with E-state index in [1.807, 2.05) is 42.5 Å². The zero-order valence-electron chi connectivity index (χ0n) is 14.8. The molecule has 1 saturated heterocycles. The highest BCUT2D eigenvalue weighted by Gasteiger charge is 2.25. The van der Waals surface area contributed by atoms with Gasteiger partial charge in [0.25, 0.3) is 0 Å². The fourth-order valence-electron chi connectivity index (χ4n) is 3.26. The number of nitrogens with one attached hydrogen (secondary N) is 1. The number of likely N-dealkylation sites (tertiary alicyclic amines) is 1. The maximum Gasteiger partial charge on any atom is 0.223 e. The van der Waals surface area contributed by atoms with E-state index >= 15 is 0 Å². The number of furan rings is 1. The maximum atomic E-state index is 12.5. The molecule has 0 spiro atoms. The van der Waals surface area contributed by atoms with Gasteiger partial charge in [-0.2, -0.15) is 0 Å². The third-order valence-electron chi connectivity index (χ3n) is 4.46. The molecule has 3 rings (SSSR count). The minimum atomic E-state index is -3.25. The standard InChI is InChI=1S/C19H24N2O4S/c1-26(23,24)20-16-8-5-13-21(14-16)19(22)12-10-17-9-11-18(25-17)15-6-3-2-4-7-15/h2-4,6-7,9,11,16,20H,5,8,10,12-14H2,1H3. The number of aryl methyl sites for hydroxylation is 1. The fraction of sp³-hybridized carbons (Fsp3) is 0.421. The second-order valence-electron chi connectivity index (χ2n) is 6.70. The van der Waals surface area contributed by atoms with Gasteiger partial charge >= 0.3 is 0 Å². The minimum Gasteiger partial charge on any atom is -0.461 e. The van der Waals surface area contributed by atoms with Gasteiger partial charge in [-0.3, -0.25) is 4.79 Å². The minimum absolute atomic E-state index is 0.0302. The van der Waals surface area contributed by atoms with E-state index in [-0.39, 0.29) is 11.9 Å². The summed E-state index contributed by atoms with van der Waals surface area (Å²) in [7, 11) is -3.25. The van der Waals surface area contributed by atoms with Gasteiger partial charge in [-0.15, -0.1) is 0 Å². The lowest BCUT2D eigenvalue weighted by atomic mass is 10.1. The van der Waals surface area contributed by atoms with Crippen molar-refractivity contribution in [2.24, 2.45) is 0 Å². The first-order chi connectivity index (χ1) is 12.4. The van der Waals surface area contributed by atoms with Crippen molar-refractivity contribution in [2.45, 2.75) is 31.7 Å². The Bertz CT molecular complexity index is 845. The van der Waals surface area contributed by atoms with Crippen LogP contribution < -0.4 is 4.72 Å². The Labute approximate surface area is 154 Å². The number of nitrogens with zero attached hydrogens (tertiary/aromatic N) is 1. The number of benzene rings is 1. The van der Waals surface area contributed by atoms with Crippen molar-refractivity contribution < 1.29 is 17.6 Å². The summed E-state index contributed by atoms with van der Waals surface area (Å²) in [5.41, 5.74) is 1.01. The molecule has 1 amide bonds. The molecular weight excluding hydrogens is 352 g/mol. The summed E-state index contributed by atoms with van der Waals surface area (Å²) >= 11 is 0. The number of hydrogen-bond donors (Lipinski definition) is 1. The second kappa shape index (κ2) is 8.05. The number of rotatable bonds is 6. The molecule has 0 saturated carbocycles. The topological polar surface area (TPSA) is 79.6 Å². The van der Waals surface area contributed by atoms with E-state index in [9.17, 15) is 13.2 Å². The highest BCUT2D eigenvalue weighted by atomic mass is 32.2. The van der Waals surface area contributed by atoms with Gasteiger partial charge in [-0.1, -0.05) is 30.3 Å². The molecule has 2 heterocycles. The summed E-state index contributed by atoms with van der Waals surface area (Å²) in [6.45, 7) is 1.10. The molecule has 1 fully saturated rings. The van der Waals surface area contributed by atoms with Crippen LogP contribution in [-0.2, 0) is 21.2 Å². The Kier molecular flexibility index (Phi) is 5.78. The quantitative estimate of drug-likeness (QED) is 0.840. The summed E-state index contributed by atoms with van der Waals surface area (Å²) < 4.78 is 31.2. The fourth-order valence-corrected chi connectivity index (χ4v) is 4.06. The molecule has 1 aliphatic rings. The van der Waals surface area contributed by atoms with E-state index in [2.05, 4.69) is 4.72 Å². The molecule has 7 heteroatoms. The number of piperidine rings is 1. The van der Waals surface area contributed by atoms with E-state index in [1.54, 1.807) is 4.90 Å². The van der Waals surface area contributed by atoms with Gasteiger partial charge in [0.05, 0.1) is 6.26 Å². The highest BCUT2D eigenvalue weighted by molar-refractivity contribution is 7.88. The Morgan fingerprint density at radius 3 is 2.73 bits per heavy atom. The smallest absolute Gasteiger partial charge is 0.223 e. The molecule has 0 radical (unpaired) electrons. The number of carbonyl (C=O) groups is 1. The number of carbonyl (C=O) groups excluding carboxylic acids is 1. The van der Waals surface area contributed by atoms with Gasteiger partial charge < -0.3 is 9.32 Å². The molecule has 1 aliphatic heterocycles. The third-order valence-corrected chi connectivity index (χ3v) is 5.22. The average Bonchev–Trinajstić information content (AvgIpc) is 3.08. The van der Waals surface area contributed by atoms with E-state index in [0.29, 0.717) is 25.9 Å². The zero-order valence-corrected chi connectivity index (χ0v) is 15.7. The molecular formula is C19H24N2O4S. The SMILES string of the molecule is CS(=O)(=O)NC1CCCN(C(=O)CCc2ccc(-c3ccccc3)o2)C1. The van der Waals surface area contributed by atoms with Crippen LogP contribution in [0, 0.1) is 0 Å². The summed E-state index contributed by atoms with van der Waals surface area (Å²) in [5.74, 6) is 1.60. The molecule has 0 aliphatic carbocycles. The Morgan fingerprint density at radius 2 is 2.00 bits per heavy atom. The van der Waals surface area contributed by atoms with Crippen LogP contribution in [0.4, 0.5) is 0 Å². The van der Waals surface area contributed by atoms with Gasteiger partial charge in [-0.25, -0.2) is 13.1 Å². The van der Waals surface area contributed by atoms with Gasteiger partial charge in [0.1, 0.15) is 11.5 Å². The van der Waals surface area contributed by atoms with Crippen molar-refractivity contribution in [3.8, 4) is 11.3 Å². The Hall–Kier alpha value is -2.12. The third kappa shape index (κ3) is 5.19. The number of hydrogen-bond acceptors (Lipinski definition) is 4. The molecule has 1 N–H and O–H groups in total. The normalized spacial score (nSPS) is 18.0. The predicted octanol–water partition coefficient (Wildman–Crippen LogP) is 2.42. The van der Waals surface area contributed by atoms with Crippen LogP contribution in [-0.4, -0.2) is 44.6 Å². The first-order valence-corrected chi connectivity index (χ1v) is 10.7. The van der Waals surface area contributed by atoms with Crippen LogP contribution >= 0.6 is 0 Å². The van der Waals surface area contributed by atoms with Crippen LogP contribution in [0.3, 0.4) is 0 Å². The molecule has 1 atom stereocenters. The molecule has 0 bridgehead atoms. The van der Waals surface area contributed by atoms with Crippen molar-refractivity contribution in [3.05, 3.63) is 48.2 Å². The highest BCUT2D eigenvalue weighted by Crippen LogP contribution is 2.22. The molecule has 140 valence electrons. The molecule has 1 unspecified atom stereocenters. The summed E-state index contributed by atoms with van der Waals surface area (Å²) in [5, 5.41) is 0. The molecule has 6 nitrogen and oxygen atoms in total. The molecule has 2 aromatic rings. The molecule has 1 aromatic carbocycles. The first kappa shape index (κ1) is 18.7. The predicted molar refractivity (Wildman–Crippen MR) is 100 cm³/mol. The summed E-state index contributed by atoms with van der Waals surface area (Å²) in [6.07, 6.45) is 3.60. The van der Waals surface area contributed by atoms with E-state index in [1.165, 1.54) is 0 Å². The van der Waals surface area contributed by atoms with Crippen molar-refractivity contribution >= 4 is 15.9 Å². The van der Waals surface area contributed by atoms with Crippen molar-refractivity contribution in [2.75, 3.05) is 19.3 Å². The monoisotopic (exact) mass is 376 g/mol. The van der Waals surface area contributed by atoms with E-state index in [0.717, 1.165) is 36.2 Å². The van der Waals surface area contributed by atoms with E-state index in [4.69, 9.17) is 4.42 Å². The van der Waals surface area contributed by atoms with Crippen molar-refractivity contribution in [1.29, 1.82) is 0 Å². The number of amides is 1. The van der Waals surface area contributed by atoms with Gasteiger partial charge in [-0.05, 0) is 25.0 Å². The Morgan fingerprint density at radius 1 is 1.23 bits per heavy atom. The second-order valence-corrected chi connectivity index (χ2v) is 8.48. The lowest BCUT2D eigenvalue weighted by Gasteiger charge is -2.32. The van der Waals surface area contributed by atoms with Crippen LogP contribution in [0.15, 0.2) is 46.9 Å². The van der Waals surface area contributed by atoms with Gasteiger partial charge in [0.2, 0.25) is 15.9 Å². The lowest BCUT2D eigenvalue weighted by Crippen LogP contribution is -2.49. The number of sulfonamides is 1. The Balaban J connectivity index is 1.53. The van der Waals surface area contributed by atoms with Crippen LogP contribution in [0.25, 0.3) is 11.3 Å². The molecule has 1 aromatic heterocycles. The lowest BCUT2D eigenvalue weighted by molar-refractivity contribution is -0.132. The van der Waals surface area contributed by atoms with Crippen LogP contribution in [0.2, 0.25) is 0 Å². The summed E-state index contributed by atoms with van der Waals surface area (Å²) in [6, 6.07) is 13.5. The van der Waals surface area contributed by atoms with Gasteiger partial charge in [0, 0.05) is 37.5 Å². The molecule has 26 heavy (non-hydrogen) atoms. The average molecular weight is 376 g/mol. The largest absolute Gasteiger partial charge is 0.461 e. The first-order valence-electron chi connectivity index (χ1n) is 8.80. The van der Waals surface area contributed by atoms with Crippen LogP contribution in [0.1, 0.15) is 25.0 Å². The van der Waals surface area contributed by atoms with Gasteiger partial charge in [0.15, 0.2) is 0 Å². The maximum absolute atomic E-state index is 12.5.